The molecule has 2 heterocycles. The van der Waals surface area contributed by atoms with Crippen molar-refractivity contribution >= 4 is 5.82 Å². The van der Waals surface area contributed by atoms with Gasteiger partial charge in [-0.1, -0.05) is 24.3 Å². The number of anilines is 1. The molecule has 0 saturated carbocycles. The number of aromatic nitrogens is 2. The number of nitriles is 1. The monoisotopic (exact) mass is 344 g/mol. The first-order valence-electron chi connectivity index (χ1n) is 8.77. The Labute approximate surface area is 152 Å². The van der Waals surface area contributed by atoms with Gasteiger partial charge in [-0.25, -0.2) is 4.68 Å². The Morgan fingerprint density at radius 1 is 1.15 bits per heavy atom. The third kappa shape index (κ3) is 2.91. The fourth-order valence-corrected chi connectivity index (χ4v) is 3.43. The number of ether oxygens (including phenoxy) is 1. The Hall–Kier alpha value is -3.26. The molecular weight excluding hydrogens is 324 g/mol. The zero-order valence-electron chi connectivity index (χ0n) is 14.7. The summed E-state index contributed by atoms with van der Waals surface area (Å²) < 4.78 is 7.11. The van der Waals surface area contributed by atoms with Crippen LogP contribution in [0.4, 0.5) is 5.82 Å². The largest absolute Gasteiger partial charge is 0.497 e. The van der Waals surface area contributed by atoms with Gasteiger partial charge >= 0.3 is 0 Å². The number of hydrogen-bond donors (Lipinski definition) is 1. The first-order chi connectivity index (χ1) is 12.8. The maximum absolute atomic E-state index is 9.41. The minimum Gasteiger partial charge on any atom is -0.497 e. The number of aryl methyl sites for hydroxylation is 2. The van der Waals surface area contributed by atoms with Crippen molar-refractivity contribution in [3.05, 3.63) is 70.9 Å². The molecule has 1 aromatic heterocycles. The zero-order chi connectivity index (χ0) is 17.9. The highest BCUT2D eigenvalue weighted by molar-refractivity contribution is 5.60. The minimum absolute atomic E-state index is 0.633. The second-order valence-electron chi connectivity index (χ2n) is 6.34. The summed E-state index contributed by atoms with van der Waals surface area (Å²) >= 11 is 0. The van der Waals surface area contributed by atoms with Crippen LogP contribution in [0.3, 0.4) is 0 Å². The van der Waals surface area contributed by atoms with E-state index in [9.17, 15) is 5.26 Å². The average molecular weight is 344 g/mol. The molecule has 5 heteroatoms. The first-order valence-corrected chi connectivity index (χ1v) is 8.77. The summed E-state index contributed by atoms with van der Waals surface area (Å²) in [7, 11) is 1.68. The molecular formula is C21H20N4O. The smallest absolute Gasteiger partial charge is 0.133 e. The first kappa shape index (κ1) is 16.2. The van der Waals surface area contributed by atoms with Gasteiger partial charge in [-0.05, 0) is 49.1 Å². The van der Waals surface area contributed by atoms with Crippen molar-refractivity contribution in [2.45, 2.75) is 19.3 Å². The fourth-order valence-electron chi connectivity index (χ4n) is 3.43. The highest BCUT2D eigenvalue weighted by atomic mass is 16.5. The number of nitrogens with one attached hydrogen (secondary N) is 1. The molecule has 0 spiro atoms. The number of benzene rings is 2. The van der Waals surface area contributed by atoms with Crippen LogP contribution in [-0.2, 0) is 19.3 Å². The van der Waals surface area contributed by atoms with Crippen molar-refractivity contribution in [3.63, 3.8) is 0 Å². The van der Waals surface area contributed by atoms with Crippen LogP contribution in [0.2, 0.25) is 0 Å². The highest BCUT2D eigenvalue weighted by Crippen LogP contribution is 2.30. The topological polar surface area (TPSA) is 62.9 Å². The van der Waals surface area contributed by atoms with Crippen LogP contribution in [0.15, 0.2) is 48.5 Å². The molecule has 3 aromatic rings. The molecule has 0 saturated heterocycles. The SMILES string of the molecule is COc1ccc(CCc2nn(-c3ccccc3C#N)c3c2CCN3)cc1. The van der Waals surface area contributed by atoms with Crippen LogP contribution in [0.5, 0.6) is 5.75 Å². The van der Waals surface area contributed by atoms with E-state index < -0.39 is 0 Å². The Morgan fingerprint density at radius 3 is 2.73 bits per heavy atom. The minimum atomic E-state index is 0.633. The van der Waals surface area contributed by atoms with Gasteiger partial charge in [-0.3, -0.25) is 0 Å². The van der Waals surface area contributed by atoms with Gasteiger partial charge in [0.15, 0.2) is 0 Å². The number of fused-ring (bicyclic) bond motifs is 1. The van der Waals surface area contributed by atoms with E-state index in [0.29, 0.717) is 5.56 Å². The quantitative estimate of drug-likeness (QED) is 0.769. The third-order valence-corrected chi connectivity index (χ3v) is 4.80. The summed E-state index contributed by atoms with van der Waals surface area (Å²) in [4.78, 5) is 0. The molecule has 0 unspecified atom stereocenters. The Balaban J connectivity index is 1.63. The van der Waals surface area contributed by atoms with E-state index in [0.717, 1.165) is 48.8 Å². The summed E-state index contributed by atoms with van der Waals surface area (Å²) in [6.07, 6.45) is 2.77. The second kappa shape index (κ2) is 6.93. The molecule has 1 aliphatic rings. The molecule has 2 aromatic carbocycles. The van der Waals surface area contributed by atoms with E-state index in [-0.39, 0.29) is 0 Å². The summed E-state index contributed by atoms with van der Waals surface area (Å²) in [6.45, 7) is 0.914. The third-order valence-electron chi connectivity index (χ3n) is 4.80. The summed E-state index contributed by atoms with van der Waals surface area (Å²) in [5.41, 5.74) is 5.10. The molecule has 4 rings (SSSR count). The molecule has 1 aliphatic heterocycles. The standard InChI is InChI=1S/C21H20N4O/c1-26-17-9-6-15(7-10-17)8-11-19-18-12-13-23-21(18)25(24-19)20-5-3-2-4-16(20)14-22/h2-7,9-10,23H,8,11-13H2,1H3. The molecule has 0 bridgehead atoms. The van der Waals surface area contributed by atoms with Gasteiger partial charge in [0.05, 0.1) is 24.1 Å². The molecule has 5 nitrogen and oxygen atoms in total. The van der Waals surface area contributed by atoms with Crippen molar-refractivity contribution < 1.29 is 4.74 Å². The van der Waals surface area contributed by atoms with Gasteiger partial charge in [-0.15, -0.1) is 0 Å². The molecule has 0 fully saturated rings. The molecule has 26 heavy (non-hydrogen) atoms. The molecule has 1 N–H and O–H groups in total. The molecule has 0 atom stereocenters. The van der Waals surface area contributed by atoms with Crippen molar-refractivity contribution in [3.8, 4) is 17.5 Å². The number of methoxy groups -OCH3 is 1. The normalized spacial score (nSPS) is 12.3. The number of rotatable bonds is 5. The van der Waals surface area contributed by atoms with E-state index in [4.69, 9.17) is 9.84 Å². The number of hydrogen-bond acceptors (Lipinski definition) is 4. The highest BCUT2D eigenvalue weighted by Gasteiger charge is 2.23. The lowest BCUT2D eigenvalue weighted by Crippen LogP contribution is -2.06. The maximum Gasteiger partial charge on any atom is 0.133 e. The fraction of sp³-hybridized carbons (Fsp3) is 0.238. The van der Waals surface area contributed by atoms with Crippen molar-refractivity contribution in [2.75, 3.05) is 19.0 Å². The summed E-state index contributed by atoms with van der Waals surface area (Å²) in [5, 5.41) is 17.7. The van der Waals surface area contributed by atoms with Crippen molar-refractivity contribution in [2.24, 2.45) is 0 Å². The Bertz CT molecular complexity index is 967. The van der Waals surface area contributed by atoms with Crippen LogP contribution in [0.25, 0.3) is 5.69 Å². The van der Waals surface area contributed by atoms with Crippen LogP contribution in [0, 0.1) is 11.3 Å². The Kier molecular flexibility index (Phi) is 4.32. The zero-order valence-corrected chi connectivity index (χ0v) is 14.7. The van der Waals surface area contributed by atoms with Crippen LogP contribution < -0.4 is 10.1 Å². The second-order valence-corrected chi connectivity index (χ2v) is 6.34. The van der Waals surface area contributed by atoms with Crippen molar-refractivity contribution in [1.29, 1.82) is 5.26 Å². The number of para-hydroxylation sites is 1. The van der Waals surface area contributed by atoms with Crippen LogP contribution in [-0.4, -0.2) is 23.4 Å². The molecule has 130 valence electrons. The lowest BCUT2D eigenvalue weighted by atomic mass is 10.1. The van der Waals surface area contributed by atoms with Gasteiger partial charge in [0.1, 0.15) is 17.6 Å². The molecule has 0 amide bonds. The van der Waals surface area contributed by atoms with Gasteiger partial charge in [0, 0.05) is 12.1 Å². The maximum atomic E-state index is 9.41. The van der Waals surface area contributed by atoms with Gasteiger partial charge < -0.3 is 10.1 Å². The van der Waals surface area contributed by atoms with Gasteiger partial charge in [-0.2, -0.15) is 10.4 Å². The summed E-state index contributed by atoms with van der Waals surface area (Å²) in [5.74, 6) is 1.90. The van der Waals surface area contributed by atoms with E-state index in [1.54, 1.807) is 7.11 Å². The van der Waals surface area contributed by atoms with E-state index in [1.807, 2.05) is 41.1 Å². The van der Waals surface area contributed by atoms with E-state index in [1.165, 1.54) is 11.1 Å². The lowest BCUT2D eigenvalue weighted by molar-refractivity contribution is 0.414. The molecule has 0 radical (unpaired) electrons. The van der Waals surface area contributed by atoms with E-state index in [2.05, 4.69) is 23.5 Å². The predicted molar refractivity (Wildman–Crippen MR) is 101 cm³/mol. The average Bonchev–Trinajstić information content (AvgIpc) is 3.30. The van der Waals surface area contributed by atoms with Gasteiger partial charge in [0.2, 0.25) is 0 Å². The van der Waals surface area contributed by atoms with Crippen LogP contribution >= 0.6 is 0 Å². The van der Waals surface area contributed by atoms with Gasteiger partial charge in [0.25, 0.3) is 0 Å². The Morgan fingerprint density at radius 2 is 1.96 bits per heavy atom. The predicted octanol–water partition coefficient (Wildman–Crippen LogP) is 3.51. The van der Waals surface area contributed by atoms with Crippen molar-refractivity contribution in [1.82, 2.24) is 9.78 Å². The van der Waals surface area contributed by atoms with Crippen LogP contribution in [0.1, 0.15) is 22.4 Å². The van der Waals surface area contributed by atoms with E-state index >= 15 is 0 Å². The summed E-state index contributed by atoms with van der Waals surface area (Å²) in [6, 6.07) is 18.0. The lowest BCUT2D eigenvalue weighted by Gasteiger charge is -2.08. The number of nitrogens with zero attached hydrogens (tertiary/aromatic N) is 3. The molecule has 0 aliphatic carbocycles.